The molecular formula is C24H29ClN4O2. The topological polar surface area (TPSA) is 55.9 Å². The number of piperazine rings is 1. The van der Waals surface area contributed by atoms with Crippen molar-refractivity contribution in [2.45, 2.75) is 13.0 Å². The van der Waals surface area contributed by atoms with Gasteiger partial charge in [-0.15, -0.1) is 0 Å². The van der Waals surface area contributed by atoms with E-state index >= 15 is 0 Å². The first-order valence-electron chi connectivity index (χ1n) is 10.9. The molecule has 0 radical (unpaired) electrons. The summed E-state index contributed by atoms with van der Waals surface area (Å²) in [5, 5.41) is 3.55. The van der Waals surface area contributed by atoms with E-state index in [2.05, 4.69) is 39.4 Å². The minimum absolute atomic E-state index is 0.0504. The lowest BCUT2D eigenvalue weighted by atomic mass is 10.1. The summed E-state index contributed by atoms with van der Waals surface area (Å²) in [6.45, 7) is 6.89. The monoisotopic (exact) mass is 440 g/mol. The van der Waals surface area contributed by atoms with E-state index in [1.807, 2.05) is 24.3 Å². The standard InChI is InChI=1S/C24H29ClN4O2/c25-21-8-4-5-9-22(21)29-18-20(16-23(29)30)24(31)26-10-11-27-12-14-28(15-13-27)17-19-6-2-1-3-7-19/h1-9,20H,10-18H2,(H,26,31). The van der Waals surface area contributed by atoms with Crippen molar-refractivity contribution in [1.82, 2.24) is 15.1 Å². The Balaban J connectivity index is 1.17. The van der Waals surface area contributed by atoms with E-state index in [0.717, 1.165) is 39.3 Å². The Bertz CT molecular complexity index is 899. The highest BCUT2D eigenvalue weighted by atomic mass is 35.5. The summed E-state index contributed by atoms with van der Waals surface area (Å²) in [6, 6.07) is 17.8. The Morgan fingerprint density at radius 2 is 1.65 bits per heavy atom. The number of carbonyl (C=O) groups excluding carboxylic acids is 2. The van der Waals surface area contributed by atoms with Gasteiger partial charge in [0.1, 0.15) is 0 Å². The molecule has 164 valence electrons. The Morgan fingerprint density at radius 1 is 0.968 bits per heavy atom. The molecule has 2 aromatic carbocycles. The molecule has 0 bridgehead atoms. The number of benzene rings is 2. The quantitative estimate of drug-likeness (QED) is 0.719. The normalized spacial score (nSPS) is 20.2. The molecule has 2 aliphatic heterocycles. The van der Waals surface area contributed by atoms with Gasteiger partial charge in [0.05, 0.1) is 16.6 Å². The summed E-state index contributed by atoms with van der Waals surface area (Å²) in [4.78, 5) is 31.5. The van der Waals surface area contributed by atoms with Gasteiger partial charge in [0, 0.05) is 58.8 Å². The van der Waals surface area contributed by atoms with E-state index in [0.29, 0.717) is 23.8 Å². The number of nitrogens with zero attached hydrogens (tertiary/aromatic N) is 3. The van der Waals surface area contributed by atoms with Crippen LogP contribution in [0.1, 0.15) is 12.0 Å². The number of para-hydroxylation sites is 1. The lowest BCUT2D eigenvalue weighted by molar-refractivity contribution is -0.126. The fraction of sp³-hybridized carbons (Fsp3) is 0.417. The van der Waals surface area contributed by atoms with Gasteiger partial charge in [-0.2, -0.15) is 0 Å². The second kappa shape index (κ2) is 10.3. The number of anilines is 1. The maximum Gasteiger partial charge on any atom is 0.227 e. The van der Waals surface area contributed by atoms with Crippen LogP contribution >= 0.6 is 11.6 Å². The number of halogens is 1. The van der Waals surface area contributed by atoms with Crippen LogP contribution in [0.15, 0.2) is 54.6 Å². The highest BCUT2D eigenvalue weighted by Crippen LogP contribution is 2.30. The summed E-state index contributed by atoms with van der Waals surface area (Å²) in [6.07, 6.45) is 0.231. The van der Waals surface area contributed by atoms with Gasteiger partial charge in [-0.05, 0) is 17.7 Å². The second-order valence-corrected chi connectivity index (χ2v) is 8.66. The maximum atomic E-state index is 12.6. The van der Waals surface area contributed by atoms with E-state index < -0.39 is 0 Å². The van der Waals surface area contributed by atoms with E-state index in [9.17, 15) is 9.59 Å². The van der Waals surface area contributed by atoms with E-state index in [1.54, 1.807) is 11.0 Å². The molecule has 0 saturated carbocycles. The predicted molar refractivity (Wildman–Crippen MR) is 123 cm³/mol. The smallest absolute Gasteiger partial charge is 0.227 e. The van der Waals surface area contributed by atoms with Gasteiger partial charge in [-0.1, -0.05) is 54.1 Å². The van der Waals surface area contributed by atoms with Crippen LogP contribution in [0.3, 0.4) is 0 Å². The second-order valence-electron chi connectivity index (χ2n) is 8.25. The van der Waals surface area contributed by atoms with Gasteiger partial charge in [0.15, 0.2) is 0 Å². The van der Waals surface area contributed by atoms with E-state index in [4.69, 9.17) is 11.6 Å². The zero-order valence-corrected chi connectivity index (χ0v) is 18.4. The van der Waals surface area contributed by atoms with Gasteiger partial charge in [0.2, 0.25) is 11.8 Å². The zero-order valence-electron chi connectivity index (χ0n) is 17.7. The molecule has 2 saturated heterocycles. The van der Waals surface area contributed by atoms with Crippen LogP contribution in [0.5, 0.6) is 0 Å². The van der Waals surface area contributed by atoms with Crippen molar-refractivity contribution in [3.63, 3.8) is 0 Å². The molecule has 31 heavy (non-hydrogen) atoms. The fourth-order valence-electron chi connectivity index (χ4n) is 4.28. The van der Waals surface area contributed by atoms with Crippen LogP contribution < -0.4 is 10.2 Å². The van der Waals surface area contributed by atoms with E-state index in [-0.39, 0.29) is 24.2 Å². The van der Waals surface area contributed by atoms with Crippen LogP contribution in [0.4, 0.5) is 5.69 Å². The Kier molecular flexibility index (Phi) is 7.22. The molecular weight excluding hydrogens is 412 g/mol. The SMILES string of the molecule is O=C(NCCN1CCN(Cc2ccccc2)CC1)C1CC(=O)N(c2ccccc2Cl)C1. The van der Waals surface area contributed by atoms with Gasteiger partial charge in [-0.3, -0.25) is 19.4 Å². The zero-order chi connectivity index (χ0) is 21.6. The number of hydrogen-bond donors (Lipinski definition) is 1. The molecule has 2 aromatic rings. The average Bonchev–Trinajstić information content (AvgIpc) is 3.17. The fourth-order valence-corrected chi connectivity index (χ4v) is 4.52. The van der Waals surface area contributed by atoms with Gasteiger partial charge in [0.25, 0.3) is 0 Å². The first kappa shape index (κ1) is 21.8. The molecule has 1 atom stereocenters. The number of amides is 2. The molecule has 6 nitrogen and oxygen atoms in total. The van der Waals surface area contributed by atoms with Crippen molar-refractivity contribution in [2.24, 2.45) is 5.92 Å². The minimum atomic E-state index is -0.327. The highest BCUT2D eigenvalue weighted by molar-refractivity contribution is 6.33. The number of rotatable bonds is 7. The van der Waals surface area contributed by atoms with Gasteiger partial charge in [-0.25, -0.2) is 0 Å². The third kappa shape index (κ3) is 5.64. The largest absolute Gasteiger partial charge is 0.355 e. The van der Waals surface area contributed by atoms with Crippen molar-refractivity contribution >= 4 is 29.1 Å². The van der Waals surface area contributed by atoms with Crippen molar-refractivity contribution < 1.29 is 9.59 Å². The van der Waals surface area contributed by atoms with Crippen LogP contribution in [-0.2, 0) is 16.1 Å². The summed E-state index contributed by atoms with van der Waals surface area (Å²) < 4.78 is 0. The number of nitrogens with one attached hydrogen (secondary N) is 1. The third-order valence-electron chi connectivity index (χ3n) is 6.08. The average molecular weight is 441 g/mol. The van der Waals surface area contributed by atoms with Gasteiger partial charge < -0.3 is 10.2 Å². The third-order valence-corrected chi connectivity index (χ3v) is 6.40. The molecule has 0 aromatic heterocycles. The summed E-state index contributed by atoms with van der Waals surface area (Å²) in [5.41, 5.74) is 2.03. The molecule has 4 rings (SSSR count). The van der Waals surface area contributed by atoms with Crippen LogP contribution in [0.2, 0.25) is 5.02 Å². The molecule has 2 fully saturated rings. The molecule has 0 spiro atoms. The molecule has 7 heteroatoms. The number of carbonyl (C=O) groups is 2. The molecule has 1 unspecified atom stereocenters. The van der Waals surface area contributed by atoms with Gasteiger partial charge >= 0.3 is 0 Å². The lowest BCUT2D eigenvalue weighted by Gasteiger charge is -2.34. The first-order chi connectivity index (χ1) is 15.1. The van der Waals surface area contributed by atoms with Crippen molar-refractivity contribution in [3.8, 4) is 0 Å². The summed E-state index contributed by atoms with van der Waals surface area (Å²) in [5.74, 6) is -0.431. The van der Waals surface area contributed by atoms with Crippen LogP contribution in [0, 0.1) is 5.92 Å². The summed E-state index contributed by atoms with van der Waals surface area (Å²) >= 11 is 6.22. The lowest BCUT2D eigenvalue weighted by Crippen LogP contribution is -2.48. The Morgan fingerprint density at radius 3 is 2.39 bits per heavy atom. The van der Waals surface area contributed by atoms with E-state index in [1.165, 1.54) is 5.56 Å². The van der Waals surface area contributed by atoms with Crippen molar-refractivity contribution in [3.05, 3.63) is 65.2 Å². The van der Waals surface area contributed by atoms with Crippen molar-refractivity contribution in [1.29, 1.82) is 0 Å². The molecule has 2 aliphatic rings. The van der Waals surface area contributed by atoms with Crippen LogP contribution in [0.25, 0.3) is 0 Å². The molecule has 2 heterocycles. The first-order valence-corrected chi connectivity index (χ1v) is 11.3. The molecule has 1 N–H and O–H groups in total. The molecule has 0 aliphatic carbocycles. The molecule has 2 amide bonds. The van der Waals surface area contributed by atoms with Crippen molar-refractivity contribution in [2.75, 3.05) is 50.7 Å². The predicted octanol–water partition coefficient (Wildman–Crippen LogP) is 2.63. The minimum Gasteiger partial charge on any atom is -0.355 e. The van der Waals surface area contributed by atoms with Crippen LogP contribution in [-0.4, -0.2) is 67.4 Å². The maximum absolute atomic E-state index is 12.6. The number of hydrogen-bond acceptors (Lipinski definition) is 4. The Labute approximate surface area is 188 Å². The highest BCUT2D eigenvalue weighted by Gasteiger charge is 2.35. The summed E-state index contributed by atoms with van der Waals surface area (Å²) in [7, 11) is 0. The Hall–Kier alpha value is -2.41.